The van der Waals surface area contributed by atoms with E-state index in [1.54, 1.807) is 30.9 Å². The molecule has 1 aromatic carbocycles. The zero-order chi connectivity index (χ0) is 12.8. The van der Waals surface area contributed by atoms with Gasteiger partial charge in [0, 0.05) is 23.4 Å². The Labute approximate surface area is 107 Å². The monoisotopic (exact) mass is 252 g/mol. The van der Waals surface area contributed by atoms with E-state index < -0.39 is 0 Å². The minimum Gasteiger partial charge on any atom is -0.399 e. The summed E-state index contributed by atoms with van der Waals surface area (Å²) < 4.78 is 0. The third-order valence-electron chi connectivity index (χ3n) is 2.70. The number of thioether (sulfide) groups is 1. The highest BCUT2D eigenvalue weighted by molar-refractivity contribution is 7.99. The van der Waals surface area contributed by atoms with Crippen LogP contribution in [0.25, 0.3) is 0 Å². The molecule has 1 unspecified atom stereocenters. The summed E-state index contributed by atoms with van der Waals surface area (Å²) in [5, 5.41) is 2.65. The molecular formula is C13H20N2OS. The van der Waals surface area contributed by atoms with E-state index in [9.17, 15) is 4.79 Å². The van der Waals surface area contributed by atoms with Crippen LogP contribution < -0.4 is 11.1 Å². The predicted molar refractivity (Wildman–Crippen MR) is 74.4 cm³/mol. The van der Waals surface area contributed by atoms with Gasteiger partial charge < -0.3 is 11.1 Å². The predicted octanol–water partition coefficient (Wildman–Crippen LogP) is 2.77. The van der Waals surface area contributed by atoms with Gasteiger partial charge in [0.2, 0.25) is 0 Å². The molecule has 0 aliphatic rings. The first-order valence-corrected chi connectivity index (χ1v) is 6.81. The summed E-state index contributed by atoms with van der Waals surface area (Å²) >= 11 is 1.70. The lowest BCUT2D eigenvalue weighted by Crippen LogP contribution is -2.18. The van der Waals surface area contributed by atoms with E-state index in [4.69, 9.17) is 5.73 Å². The molecule has 0 aromatic heterocycles. The van der Waals surface area contributed by atoms with E-state index in [0.717, 1.165) is 17.1 Å². The van der Waals surface area contributed by atoms with Gasteiger partial charge in [-0.25, -0.2) is 0 Å². The number of nitrogen functional groups attached to an aromatic ring is 1. The van der Waals surface area contributed by atoms with Gasteiger partial charge in [0.05, 0.1) is 5.56 Å². The maximum atomic E-state index is 11.7. The zero-order valence-corrected chi connectivity index (χ0v) is 11.4. The number of carbonyl (C=O) groups is 1. The van der Waals surface area contributed by atoms with Gasteiger partial charge in [0.25, 0.3) is 5.91 Å². The highest BCUT2D eigenvalue weighted by atomic mass is 32.2. The van der Waals surface area contributed by atoms with Crippen molar-refractivity contribution in [3.05, 3.63) is 23.8 Å². The Morgan fingerprint density at radius 2 is 2.24 bits per heavy atom. The van der Waals surface area contributed by atoms with Crippen LogP contribution in [0.1, 0.15) is 30.6 Å². The Bertz CT molecular complexity index is 393. The molecule has 1 amide bonds. The number of amides is 1. The molecule has 1 rings (SSSR count). The van der Waals surface area contributed by atoms with E-state index in [1.807, 2.05) is 6.07 Å². The standard InChI is InChI=1S/C13H20N2OS/c1-4-9(2)8-17-12-7-10(14)5-6-11(12)13(16)15-3/h5-7,9H,4,8,14H2,1-3H3,(H,15,16). The smallest absolute Gasteiger partial charge is 0.252 e. The molecule has 0 bridgehead atoms. The molecule has 0 aliphatic carbocycles. The summed E-state index contributed by atoms with van der Waals surface area (Å²) in [6.45, 7) is 4.38. The van der Waals surface area contributed by atoms with Crippen molar-refractivity contribution in [2.24, 2.45) is 5.92 Å². The molecule has 0 spiro atoms. The fourth-order valence-corrected chi connectivity index (χ4v) is 2.57. The van der Waals surface area contributed by atoms with Crippen molar-refractivity contribution in [2.45, 2.75) is 25.2 Å². The molecule has 0 saturated heterocycles. The number of hydrogen-bond acceptors (Lipinski definition) is 3. The quantitative estimate of drug-likeness (QED) is 0.626. The fraction of sp³-hybridized carbons (Fsp3) is 0.462. The van der Waals surface area contributed by atoms with Gasteiger partial charge in [-0.3, -0.25) is 4.79 Å². The van der Waals surface area contributed by atoms with Crippen LogP contribution >= 0.6 is 11.8 Å². The Balaban J connectivity index is 2.87. The van der Waals surface area contributed by atoms with Crippen LogP contribution in [-0.2, 0) is 0 Å². The van der Waals surface area contributed by atoms with Crippen LogP contribution in [-0.4, -0.2) is 18.7 Å². The molecule has 4 heteroatoms. The Kier molecular flexibility index (Phi) is 5.35. The Morgan fingerprint density at radius 1 is 1.53 bits per heavy atom. The second-order valence-electron chi connectivity index (χ2n) is 4.16. The maximum absolute atomic E-state index is 11.7. The molecule has 94 valence electrons. The average Bonchev–Trinajstić information content (AvgIpc) is 2.35. The minimum atomic E-state index is -0.0587. The topological polar surface area (TPSA) is 55.1 Å². The molecule has 0 heterocycles. The molecular weight excluding hydrogens is 232 g/mol. The van der Waals surface area contributed by atoms with Crippen molar-refractivity contribution in [3.8, 4) is 0 Å². The van der Waals surface area contributed by atoms with E-state index in [0.29, 0.717) is 17.2 Å². The summed E-state index contributed by atoms with van der Waals surface area (Å²) in [7, 11) is 1.64. The van der Waals surface area contributed by atoms with Crippen molar-refractivity contribution >= 4 is 23.4 Å². The molecule has 3 N–H and O–H groups in total. The summed E-state index contributed by atoms with van der Waals surface area (Å²) in [5.41, 5.74) is 7.17. The van der Waals surface area contributed by atoms with E-state index in [-0.39, 0.29) is 5.91 Å². The number of carbonyl (C=O) groups excluding carboxylic acids is 1. The molecule has 0 saturated carbocycles. The van der Waals surface area contributed by atoms with Crippen LogP contribution in [0.15, 0.2) is 23.1 Å². The first kappa shape index (κ1) is 13.9. The minimum absolute atomic E-state index is 0.0587. The second kappa shape index (κ2) is 6.55. The fourth-order valence-electron chi connectivity index (χ4n) is 1.33. The maximum Gasteiger partial charge on any atom is 0.252 e. The molecule has 1 atom stereocenters. The van der Waals surface area contributed by atoms with Gasteiger partial charge in [-0.1, -0.05) is 20.3 Å². The van der Waals surface area contributed by atoms with Crippen LogP contribution in [0.5, 0.6) is 0 Å². The third-order valence-corrected chi connectivity index (χ3v) is 4.08. The number of nitrogens with one attached hydrogen (secondary N) is 1. The van der Waals surface area contributed by atoms with Crippen LogP contribution in [0.4, 0.5) is 5.69 Å². The first-order valence-electron chi connectivity index (χ1n) is 5.82. The lowest BCUT2D eigenvalue weighted by Gasteiger charge is -2.11. The van der Waals surface area contributed by atoms with Crippen LogP contribution in [0, 0.1) is 5.92 Å². The lowest BCUT2D eigenvalue weighted by molar-refractivity contribution is 0.0960. The lowest BCUT2D eigenvalue weighted by atomic mass is 10.2. The highest BCUT2D eigenvalue weighted by Gasteiger charge is 2.11. The van der Waals surface area contributed by atoms with Crippen LogP contribution in [0.2, 0.25) is 0 Å². The van der Waals surface area contributed by atoms with Crippen LogP contribution in [0.3, 0.4) is 0 Å². The van der Waals surface area contributed by atoms with E-state index in [2.05, 4.69) is 19.2 Å². The van der Waals surface area contributed by atoms with Crippen molar-refractivity contribution in [1.29, 1.82) is 0 Å². The van der Waals surface area contributed by atoms with E-state index >= 15 is 0 Å². The largest absolute Gasteiger partial charge is 0.399 e. The number of benzene rings is 1. The number of rotatable bonds is 5. The number of hydrogen-bond donors (Lipinski definition) is 2. The Morgan fingerprint density at radius 3 is 2.82 bits per heavy atom. The summed E-state index contributed by atoms with van der Waals surface area (Å²) in [6, 6.07) is 5.42. The summed E-state index contributed by atoms with van der Waals surface area (Å²) in [5.74, 6) is 1.58. The number of nitrogens with two attached hydrogens (primary N) is 1. The number of anilines is 1. The Hall–Kier alpha value is -1.16. The molecule has 1 aromatic rings. The van der Waals surface area contributed by atoms with Gasteiger partial charge in [-0.15, -0.1) is 11.8 Å². The van der Waals surface area contributed by atoms with Gasteiger partial charge in [0.1, 0.15) is 0 Å². The molecule has 0 fully saturated rings. The summed E-state index contributed by atoms with van der Waals surface area (Å²) in [6.07, 6.45) is 1.14. The van der Waals surface area contributed by atoms with Gasteiger partial charge in [0.15, 0.2) is 0 Å². The average molecular weight is 252 g/mol. The normalized spacial score (nSPS) is 12.2. The first-order chi connectivity index (χ1) is 8.08. The highest BCUT2D eigenvalue weighted by Crippen LogP contribution is 2.27. The van der Waals surface area contributed by atoms with E-state index in [1.165, 1.54) is 0 Å². The molecule has 3 nitrogen and oxygen atoms in total. The van der Waals surface area contributed by atoms with Crippen molar-refractivity contribution in [2.75, 3.05) is 18.5 Å². The van der Waals surface area contributed by atoms with Crippen molar-refractivity contribution in [3.63, 3.8) is 0 Å². The van der Waals surface area contributed by atoms with Gasteiger partial charge >= 0.3 is 0 Å². The SMILES string of the molecule is CCC(C)CSc1cc(N)ccc1C(=O)NC. The third kappa shape index (κ3) is 3.97. The second-order valence-corrected chi connectivity index (χ2v) is 5.22. The van der Waals surface area contributed by atoms with Crippen molar-refractivity contribution in [1.82, 2.24) is 5.32 Å². The molecule has 0 radical (unpaired) electrons. The van der Waals surface area contributed by atoms with Gasteiger partial charge in [-0.2, -0.15) is 0 Å². The zero-order valence-electron chi connectivity index (χ0n) is 10.6. The molecule has 17 heavy (non-hydrogen) atoms. The van der Waals surface area contributed by atoms with Crippen molar-refractivity contribution < 1.29 is 4.79 Å². The van der Waals surface area contributed by atoms with Gasteiger partial charge in [-0.05, 0) is 24.1 Å². The molecule has 0 aliphatic heterocycles. The summed E-state index contributed by atoms with van der Waals surface area (Å²) in [4.78, 5) is 12.7.